The number of ether oxygens (including phenoxy) is 1. The van der Waals surface area contributed by atoms with E-state index in [-0.39, 0.29) is 0 Å². The molecule has 1 saturated heterocycles. The van der Waals surface area contributed by atoms with Gasteiger partial charge in [-0.15, -0.1) is 0 Å². The third-order valence-corrected chi connectivity index (χ3v) is 3.13. The molecule has 0 spiro atoms. The Morgan fingerprint density at radius 2 is 1.76 bits per heavy atom. The van der Waals surface area contributed by atoms with Gasteiger partial charge in [0.25, 0.3) is 0 Å². The van der Waals surface area contributed by atoms with Crippen LogP contribution in [0.25, 0.3) is 0 Å². The molecule has 0 saturated carbocycles. The zero-order valence-corrected chi connectivity index (χ0v) is 10.7. The molecule has 102 valence electrons. The molecule has 1 heterocycles. The Labute approximate surface area is 99.0 Å². The Bertz CT molecular complexity index is 306. The average molecular weight is 271 g/mol. The first kappa shape index (κ1) is 15.0. The Morgan fingerprint density at radius 1 is 1.24 bits per heavy atom. The van der Waals surface area contributed by atoms with Crippen LogP contribution in [0.1, 0.15) is 6.92 Å². The van der Waals surface area contributed by atoms with Crippen LogP contribution < -0.4 is 0 Å². The summed E-state index contributed by atoms with van der Waals surface area (Å²) in [6.07, 6.45) is -4.51. The third-order valence-electron chi connectivity index (χ3n) is 2.65. The normalized spacial score (nSPS) is 39.6. The number of aliphatic hydroxyl groups excluding tert-OH is 2. The minimum Gasteiger partial charge on any atom is -0.389 e. The number of rotatable bonds is 3. The molecule has 0 aromatic carbocycles. The van der Waals surface area contributed by atoms with Crippen LogP contribution in [-0.2, 0) is 13.8 Å². The number of likely N-dealkylation sites (N-methyl/N-ethyl adjacent to an activating group) is 1. The fraction of sp³-hybridized carbons (Fsp3) is 1.00. The number of nitrogens with zero attached hydrogens (tertiary/aromatic N) is 1. The van der Waals surface area contributed by atoms with Crippen molar-refractivity contribution in [1.29, 1.82) is 0 Å². The maximum atomic E-state index is 10.7. The van der Waals surface area contributed by atoms with Gasteiger partial charge in [0.1, 0.15) is 6.10 Å². The fourth-order valence-corrected chi connectivity index (χ4v) is 2.29. The van der Waals surface area contributed by atoms with E-state index >= 15 is 0 Å². The predicted octanol–water partition coefficient (Wildman–Crippen LogP) is -1.51. The molecule has 1 aliphatic rings. The molecular formula is C8H18NO7P. The predicted molar refractivity (Wildman–Crippen MR) is 57.0 cm³/mol. The van der Waals surface area contributed by atoms with Crippen molar-refractivity contribution in [2.75, 3.05) is 14.1 Å². The van der Waals surface area contributed by atoms with E-state index < -0.39 is 38.5 Å². The minimum absolute atomic E-state index is 0.706. The summed E-state index contributed by atoms with van der Waals surface area (Å²) >= 11 is 0. The van der Waals surface area contributed by atoms with Crippen LogP contribution in [-0.4, -0.2) is 69.6 Å². The van der Waals surface area contributed by atoms with E-state index in [4.69, 9.17) is 14.5 Å². The number of hydrogen-bond acceptors (Lipinski definition) is 6. The van der Waals surface area contributed by atoms with E-state index in [1.807, 2.05) is 0 Å². The lowest BCUT2D eigenvalue weighted by atomic mass is 9.96. The summed E-state index contributed by atoms with van der Waals surface area (Å²) in [4.78, 5) is 18.9. The molecule has 5 atom stereocenters. The second-order valence-corrected chi connectivity index (χ2v) is 5.43. The second-order valence-electron chi connectivity index (χ2n) is 4.24. The van der Waals surface area contributed by atoms with Crippen LogP contribution in [0, 0.1) is 0 Å². The SMILES string of the molecule is C[C@H]1O[C@H](OP(=O)(O)O)[C@H](O)[C@@H](N(C)C)[C@@H]1O. The summed E-state index contributed by atoms with van der Waals surface area (Å²) in [5.74, 6) is 0. The maximum Gasteiger partial charge on any atom is 0.472 e. The van der Waals surface area contributed by atoms with Gasteiger partial charge < -0.3 is 29.6 Å². The van der Waals surface area contributed by atoms with Crippen LogP contribution in [0.3, 0.4) is 0 Å². The molecule has 0 aliphatic carbocycles. The van der Waals surface area contributed by atoms with Crippen molar-refractivity contribution in [3.63, 3.8) is 0 Å². The summed E-state index contributed by atoms with van der Waals surface area (Å²) in [6.45, 7) is 1.53. The van der Waals surface area contributed by atoms with E-state index in [0.29, 0.717) is 0 Å². The van der Waals surface area contributed by atoms with Gasteiger partial charge in [-0.2, -0.15) is 0 Å². The molecule has 0 aromatic rings. The third kappa shape index (κ3) is 3.70. The van der Waals surface area contributed by atoms with Gasteiger partial charge in [-0.1, -0.05) is 0 Å². The van der Waals surface area contributed by atoms with E-state index in [2.05, 4.69) is 4.52 Å². The number of hydrogen-bond donors (Lipinski definition) is 4. The van der Waals surface area contributed by atoms with Crippen LogP contribution in [0.5, 0.6) is 0 Å². The zero-order chi connectivity index (χ0) is 13.4. The number of aliphatic hydroxyl groups is 2. The monoisotopic (exact) mass is 271 g/mol. The molecule has 8 nitrogen and oxygen atoms in total. The Morgan fingerprint density at radius 3 is 2.18 bits per heavy atom. The molecule has 9 heteroatoms. The summed E-state index contributed by atoms with van der Waals surface area (Å²) < 4.78 is 20.1. The van der Waals surface area contributed by atoms with Crippen LogP contribution in [0.15, 0.2) is 0 Å². The average Bonchev–Trinajstić information content (AvgIpc) is 2.11. The summed E-state index contributed by atoms with van der Waals surface area (Å²) in [6, 6.07) is -0.727. The highest BCUT2D eigenvalue weighted by molar-refractivity contribution is 7.46. The molecule has 1 aliphatic heterocycles. The van der Waals surface area contributed by atoms with Crippen molar-refractivity contribution in [1.82, 2.24) is 4.90 Å². The molecule has 0 amide bonds. The number of phosphoric acid groups is 1. The summed E-state index contributed by atoms with van der Waals surface area (Å²) in [5, 5.41) is 19.7. The van der Waals surface area contributed by atoms with Gasteiger partial charge in [0.05, 0.1) is 18.2 Å². The molecule has 1 rings (SSSR count). The topological polar surface area (TPSA) is 120 Å². The lowest BCUT2D eigenvalue weighted by Gasteiger charge is -2.43. The molecule has 4 N–H and O–H groups in total. The Balaban J connectivity index is 2.84. The Kier molecular flexibility index (Phi) is 4.67. The first-order valence-electron chi connectivity index (χ1n) is 5.05. The first-order chi connectivity index (χ1) is 7.63. The quantitative estimate of drug-likeness (QED) is 0.457. The van der Waals surface area contributed by atoms with Crippen molar-refractivity contribution in [3.05, 3.63) is 0 Å². The lowest BCUT2D eigenvalue weighted by molar-refractivity contribution is -0.256. The molecule has 0 unspecified atom stereocenters. The van der Waals surface area contributed by atoms with Gasteiger partial charge in [0.15, 0.2) is 6.29 Å². The molecule has 1 fully saturated rings. The van der Waals surface area contributed by atoms with Crippen LogP contribution in [0.2, 0.25) is 0 Å². The molecule has 0 radical (unpaired) electrons. The highest BCUT2D eigenvalue weighted by Gasteiger charge is 2.46. The highest BCUT2D eigenvalue weighted by Crippen LogP contribution is 2.40. The minimum atomic E-state index is -4.76. The van der Waals surface area contributed by atoms with Gasteiger partial charge in [0, 0.05) is 0 Å². The van der Waals surface area contributed by atoms with Crippen molar-refractivity contribution < 1.29 is 33.8 Å². The summed E-state index contributed by atoms with van der Waals surface area (Å²) in [7, 11) is -1.50. The van der Waals surface area contributed by atoms with E-state index in [0.717, 1.165) is 0 Å². The van der Waals surface area contributed by atoms with E-state index in [9.17, 15) is 14.8 Å². The van der Waals surface area contributed by atoms with E-state index in [1.165, 1.54) is 6.92 Å². The maximum absolute atomic E-state index is 10.7. The fourth-order valence-electron chi connectivity index (χ4n) is 1.85. The molecule has 0 aromatic heterocycles. The molecule has 17 heavy (non-hydrogen) atoms. The summed E-state index contributed by atoms with van der Waals surface area (Å²) in [5.41, 5.74) is 0. The smallest absolute Gasteiger partial charge is 0.389 e. The van der Waals surface area contributed by atoms with Crippen molar-refractivity contribution >= 4 is 7.82 Å². The van der Waals surface area contributed by atoms with Crippen molar-refractivity contribution in [2.45, 2.75) is 37.6 Å². The Hall–Kier alpha value is -0.0500. The van der Waals surface area contributed by atoms with Crippen molar-refractivity contribution in [3.8, 4) is 0 Å². The van der Waals surface area contributed by atoms with E-state index in [1.54, 1.807) is 19.0 Å². The molecular weight excluding hydrogens is 253 g/mol. The van der Waals surface area contributed by atoms with Crippen LogP contribution >= 0.6 is 7.82 Å². The number of phosphoric ester groups is 1. The van der Waals surface area contributed by atoms with Crippen molar-refractivity contribution in [2.24, 2.45) is 0 Å². The van der Waals surface area contributed by atoms with Gasteiger partial charge >= 0.3 is 7.82 Å². The lowest BCUT2D eigenvalue weighted by Crippen LogP contribution is -2.62. The first-order valence-corrected chi connectivity index (χ1v) is 6.58. The van der Waals surface area contributed by atoms with Crippen LogP contribution in [0.4, 0.5) is 0 Å². The second kappa shape index (κ2) is 5.29. The highest BCUT2D eigenvalue weighted by atomic mass is 31.2. The van der Waals surface area contributed by atoms with Gasteiger partial charge in [-0.25, -0.2) is 4.57 Å². The standard InChI is InChI=1S/C8H18NO7P/c1-4-6(10)5(9(2)3)7(11)8(15-4)16-17(12,13)14/h4-8,10-11H,1-3H3,(H2,12,13,14)/t4-,5+,6-,7-,8-/m1/s1. The van der Waals surface area contributed by atoms with Gasteiger partial charge in [0.2, 0.25) is 0 Å². The van der Waals surface area contributed by atoms with Gasteiger partial charge in [-0.3, -0.25) is 4.52 Å². The molecule has 0 bridgehead atoms. The largest absolute Gasteiger partial charge is 0.472 e. The van der Waals surface area contributed by atoms with Gasteiger partial charge in [-0.05, 0) is 21.0 Å². The zero-order valence-electron chi connectivity index (χ0n) is 9.79.